The van der Waals surface area contributed by atoms with E-state index in [1.807, 2.05) is 20.9 Å². The van der Waals surface area contributed by atoms with Gasteiger partial charge in [-0.05, 0) is 39.5 Å². The molecule has 6 nitrogen and oxygen atoms in total. The fourth-order valence-corrected chi connectivity index (χ4v) is 3.23. The van der Waals surface area contributed by atoms with Gasteiger partial charge in [-0.2, -0.15) is 0 Å². The van der Waals surface area contributed by atoms with Gasteiger partial charge in [0.05, 0.1) is 5.69 Å². The lowest BCUT2D eigenvalue weighted by Gasteiger charge is -2.18. The van der Waals surface area contributed by atoms with Gasteiger partial charge in [-0.1, -0.05) is 5.16 Å². The van der Waals surface area contributed by atoms with E-state index in [0.29, 0.717) is 6.04 Å². The van der Waals surface area contributed by atoms with Gasteiger partial charge in [0, 0.05) is 44.3 Å². The molecule has 2 fully saturated rings. The van der Waals surface area contributed by atoms with E-state index in [2.05, 4.69) is 25.7 Å². The van der Waals surface area contributed by atoms with Crippen LogP contribution in [-0.2, 0) is 6.42 Å². The van der Waals surface area contributed by atoms with Crippen molar-refractivity contribution in [1.82, 2.24) is 20.7 Å². The zero-order chi connectivity index (χ0) is 15.5. The Kier molecular flexibility index (Phi) is 4.66. The van der Waals surface area contributed by atoms with E-state index in [4.69, 9.17) is 4.52 Å². The maximum Gasteiger partial charge on any atom is 0.191 e. The maximum atomic E-state index is 5.20. The lowest BCUT2D eigenvalue weighted by Crippen LogP contribution is -2.45. The number of guanidine groups is 1. The van der Waals surface area contributed by atoms with Gasteiger partial charge in [0.2, 0.25) is 0 Å². The molecule has 1 saturated carbocycles. The minimum Gasteiger partial charge on any atom is -0.361 e. The van der Waals surface area contributed by atoms with Crippen molar-refractivity contribution >= 4 is 5.96 Å². The molecule has 0 amide bonds. The highest BCUT2D eigenvalue weighted by molar-refractivity contribution is 5.80. The molecule has 2 N–H and O–H groups in total. The highest BCUT2D eigenvalue weighted by atomic mass is 16.5. The van der Waals surface area contributed by atoms with Crippen LogP contribution in [0, 0.1) is 13.8 Å². The van der Waals surface area contributed by atoms with Gasteiger partial charge in [0.1, 0.15) is 5.76 Å². The van der Waals surface area contributed by atoms with Crippen LogP contribution in [0.4, 0.5) is 0 Å². The highest BCUT2D eigenvalue weighted by Gasteiger charge is 2.34. The molecule has 1 aromatic rings. The molecule has 1 unspecified atom stereocenters. The monoisotopic (exact) mass is 305 g/mol. The summed E-state index contributed by atoms with van der Waals surface area (Å²) >= 11 is 0. The van der Waals surface area contributed by atoms with Gasteiger partial charge in [-0.3, -0.25) is 9.89 Å². The number of aliphatic imine (C=N–C) groups is 1. The van der Waals surface area contributed by atoms with E-state index in [-0.39, 0.29) is 0 Å². The van der Waals surface area contributed by atoms with Crippen molar-refractivity contribution in [3.05, 3.63) is 17.0 Å². The van der Waals surface area contributed by atoms with Crippen LogP contribution >= 0.6 is 0 Å². The van der Waals surface area contributed by atoms with Crippen molar-refractivity contribution in [3.63, 3.8) is 0 Å². The molecule has 1 aliphatic carbocycles. The maximum absolute atomic E-state index is 5.20. The second kappa shape index (κ2) is 6.69. The third-order valence-corrected chi connectivity index (χ3v) is 4.70. The number of hydrogen-bond donors (Lipinski definition) is 2. The molecule has 0 aromatic carbocycles. The Morgan fingerprint density at radius 2 is 2.18 bits per heavy atom. The Morgan fingerprint density at radius 3 is 2.82 bits per heavy atom. The predicted molar refractivity (Wildman–Crippen MR) is 87.2 cm³/mol. The molecule has 2 aliphatic rings. The first-order chi connectivity index (χ1) is 10.7. The molecule has 0 radical (unpaired) electrons. The molecule has 122 valence electrons. The van der Waals surface area contributed by atoms with Gasteiger partial charge >= 0.3 is 0 Å². The van der Waals surface area contributed by atoms with Gasteiger partial charge in [-0.25, -0.2) is 0 Å². The van der Waals surface area contributed by atoms with Gasteiger partial charge < -0.3 is 15.2 Å². The number of hydrogen-bond acceptors (Lipinski definition) is 4. The smallest absolute Gasteiger partial charge is 0.191 e. The predicted octanol–water partition coefficient (Wildman–Crippen LogP) is 1.24. The fourth-order valence-electron chi connectivity index (χ4n) is 3.23. The van der Waals surface area contributed by atoms with Gasteiger partial charge in [0.25, 0.3) is 0 Å². The van der Waals surface area contributed by atoms with Gasteiger partial charge in [-0.15, -0.1) is 0 Å². The summed E-state index contributed by atoms with van der Waals surface area (Å²) in [6.45, 7) is 7.16. The molecule has 6 heteroatoms. The molecule has 1 saturated heterocycles. The molecule has 0 spiro atoms. The summed E-state index contributed by atoms with van der Waals surface area (Å²) in [4.78, 5) is 6.94. The molecule has 22 heavy (non-hydrogen) atoms. The average molecular weight is 305 g/mol. The van der Waals surface area contributed by atoms with E-state index in [1.165, 1.54) is 31.4 Å². The Bertz CT molecular complexity index is 515. The van der Waals surface area contributed by atoms with Crippen LogP contribution in [0.3, 0.4) is 0 Å². The first-order valence-corrected chi connectivity index (χ1v) is 8.30. The summed E-state index contributed by atoms with van der Waals surface area (Å²) in [6, 6.07) is 1.38. The summed E-state index contributed by atoms with van der Waals surface area (Å²) in [7, 11) is 1.83. The Balaban J connectivity index is 1.42. The van der Waals surface area contributed by atoms with E-state index in [1.54, 1.807) is 0 Å². The minimum atomic E-state index is 0.519. The van der Waals surface area contributed by atoms with E-state index in [0.717, 1.165) is 43.0 Å². The normalized spacial score (nSPS) is 23.0. The average Bonchev–Trinajstić information content (AvgIpc) is 3.19. The second-order valence-electron chi connectivity index (χ2n) is 6.41. The molecule has 1 aromatic heterocycles. The summed E-state index contributed by atoms with van der Waals surface area (Å²) in [5.41, 5.74) is 2.18. The zero-order valence-electron chi connectivity index (χ0n) is 13.9. The summed E-state index contributed by atoms with van der Waals surface area (Å²) in [6.07, 6.45) is 4.88. The second-order valence-corrected chi connectivity index (χ2v) is 6.41. The van der Waals surface area contributed by atoms with Crippen LogP contribution in [0.1, 0.15) is 36.3 Å². The number of aromatic nitrogens is 1. The van der Waals surface area contributed by atoms with Crippen LogP contribution in [0.5, 0.6) is 0 Å². The minimum absolute atomic E-state index is 0.519. The molecular formula is C16H27N5O. The van der Waals surface area contributed by atoms with Crippen LogP contribution in [0.2, 0.25) is 0 Å². The van der Waals surface area contributed by atoms with E-state index < -0.39 is 0 Å². The van der Waals surface area contributed by atoms with Crippen molar-refractivity contribution in [3.8, 4) is 0 Å². The SMILES string of the molecule is CN=C(NCCc1c(C)noc1C)NC1CCN(C2CC2)C1. The quantitative estimate of drug-likeness (QED) is 0.633. The van der Waals surface area contributed by atoms with E-state index >= 15 is 0 Å². The van der Waals surface area contributed by atoms with Crippen molar-refractivity contribution in [2.45, 2.75) is 51.6 Å². The number of rotatable bonds is 5. The number of likely N-dealkylation sites (tertiary alicyclic amines) is 1. The molecule has 1 aliphatic heterocycles. The van der Waals surface area contributed by atoms with Crippen molar-refractivity contribution in [1.29, 1.82) is 0 Å². The lowest BCUT2D eigenvalue weighted by atomic mass is 10.1. The van der Waals surface area contributed by atoms with Crippen molar-refractivity contribution in [2.24, 2.45) is 4.99 Å². The summed E-state index contributed by atoms with van der Waals surface area (Å²) < 4.78 is 5.20. The molecule has 0 bridgehead atoms. The Morgan fingerprint density at radius 1 is 1.36 bits per heavy atom. The van der Waals surface area contributed by atoms with E-state index in [9.17, 15) is 0 Å². The molecule has 3 rings (SSSR count). The summed E-state index contributed by atoms with van der Waals surface area (Å²) in [5, 5.41) is 10.9. The van der Waals surface area contributed by atoms with Crippen molar-refractivity contribution < 1.29 is 4.52 Å². The first-order valence-electron chi connectivity index (χ1n) is 8.30. The lowest BCUT2D eigenvalue weighted by molar-refractivity contribution is 0.321. The standard InChI is InChI=1S/C16H27N5O/c1-11-15(12(2)22-20-11)6-8-18-16(17-3)19-13-7-9-21(10-13)14-4-5-14/h13-14H,4-10H2,1-3H3,(H2,17,18,19). The third-order valence-electron chi connectivity index (χ3n) is 4.70. The van der Waals surface area contributed by atoms with Gasteiger partial charge in [0.15, 0.2) is 5.96 Å². The molecule has 1 atom stereocenters. The summed E-state index contributed by atoms with van der Waals surface area (Å²) in [5.74, 6) is 1.81. The van der Waals surface area contributed by atoms with Crippen LogP contribution < -0.4 is 10.6 Å². The fraction of sp³-hybridized carbons (Fsp3) is 0.750. The zero-order valence-corrected chi connectivity index (χ0v) is 13.9. The number of aryl methyl sites for hydroxylation is 2. The van der Waals surface area contributed by atoms with Crippen LogP contribution in [0.15, 0.2) is 9.52 Å². The highest BCUT2D eigenvalue weighted by Crippen LogP contribution is 2.29. The third kappa shape index (κ3) is 3.61. The largest absolute Gasteiger partial charge is 0.361 e. The topological polar surface area (TPSA) is 65.7 Å². The van der Waals surface area contributed by atoms with Crippen LogP contribution in [-0.4, -0.2) is 54.8 Å². The first kappa shape index (κ1) is 15.3. The Labute approximate surface area is 132 Å². The Hall–Kier alpha value is -1.56. The molecular weight excluding hydrogens is 278 g/mol. The van der Waals surface area contributed by atoms with Crippen LogP contribution in [0.25, 0.3) is 0 Å². The molecule has 2 heterocycles. The number of nitrogens with one attached hydrogen (secondary N) is 2. The van der Waals surface area contributed by atoms with Crippen molar-refractivity contribution in [2.75, 3.05) is 26.7 Å². The number of nitrogens with zero attached hydrogens (tertiary/aromatic N) is 3.